The monoisotopic (exact) mass is 320 g/mol. The van der Waals surface area contributed by atoms with Crippen LogP contribution in [-0.4, -0.2) is 62.9 Å². The van der Waals surface area contributed by atoms with Gasteiger partial charge in [-0.2, -0.15) is 8.61 Å². The van der Waals surface area contributed by atoms with Crippen LogP contribution in [0.5, 0.6) is 0 Å². The van der Waals surface area contributed by atoms with E-state index in [-0.39, 0.29) is 36.9 Å². The molecule has 112 valence electrons. The normalized spacial score (nSPS) is 19.1. The van der Waals surface area contributed by atoms with E-state index in [1.165, 1.54) is 26.9 Å². The smallest absolute Gasteiger partial charge is 0.246 e. The summed E-state index contributed by atoms with van der Waals surface area (Å²) in [5, 5.41) is 0. The standard InChI is InChI=1S/C10H16N4O4S2/c1-19(15,16)13-5-7-14(8-6-13)20(17,18)9-3-2-4-12-10(9)11/h2-4H,5-8H2,1H3,(H2,11,12). The SMILES string of the molecule is CS(=O)(=O)N1CCN(S(=O)(=O)c2cccnc2N)CC1. The van der Waals surface area contributed by atoms with Crippen molar-refractivity contribution in [3.63, 3.8) is 0 Å². The number of rotatable bonds is 3. The first kappa shape index (κ1) is 15.2. The molecule has 0 saturated carbocycles. The lowest BCUT2D eigenvalue weighted by Crippen LogP contribution is -2.50. The summed E-state index contributed by atoms with van der Waals surface area (Å²) in [5.41, 5.74) is 5.59. The van der Waals surface area contributed by atoms with E-state index in [4.69, 9.17) is 5.73 Å². The lowest BCUT2D eigenvalue weighted by molar-refractivity contribution is 0.274. The molecule has 2 heterocycles. The second-order valence-corrected chi connectivity index (χ2v) is 8.34. The minimum atomic E-state index is -3.74. The Labute approximate surface area is 118 Å². The van der Waals surface area contributed by atoms with Crippen molar-refractivity contribution in [1.82, 2.24) is 13.6 Å². The summed E-state index contributed by atoms with van der Waals surface area (Å²) in [5.74, 6) is -0.0574. The molecule has 1 aliphatic rings. The first-order valence-electron chi connectivity index (χ1n) is 5.88. The first-order chi connectivity index (χ1) is 9.23. The van der Waals surface area contributed by atoms with Crippen LogP contribution in [0.15, 0.2) is 23.2 Å². The molecule has 2 N–H and O–H groups in total. The molecule has 1 saturated heterocycles. The predicted molar refractivity (Wildman–Crippen MR) is 73.8 cm³/mol. The molecule has 0 unspecified atom stereocenters. The fourth-order valence-corrected chi connectivity index (χ4v) is 4.32. The van der Waals surface area contributed by atoms with Crippen LogP contribution in [0.4, 0.5) is 5.82 Å². The van der Waals surface area contributed by atoms with Gasteiger partial charge in [0.05, 0.1) is 6.26 Å². The highest BCUT2D eigenvalue weighted by Crippen LogP contribution is 2.21. The molecule has 2 rings (SSSR count). The number of hydrogen-bond donors (Lipinski definition) is 1. The molecule has 0 atom stereocenters. The summed E-state index contributed by atoms with van der Waals surface area (Å²) in [6.07, 6.45) is 2.52. The number of piperazine rings is 1. The quantitative estimate of drug-likeness (QED) is 0.758. The first-order valence-corrected chi connectivity index (χ1v) is 9.17. The van der Waals surface area contributed by atoms with Crippen LogP contribution >= 0.6 is 0 Å². The van der Waals surface area contributed by atoms with Crippen LogP contribution in [0.1, 0.15) is 0 Å². The van der Waals surface area contributed by atoms with E-state index in [1.807, 2.05) is 0 Å². The Hall–Kier alpha value is -1.23. The molecule has 0 spiro atoms. The molecule has 0 aromatic carbocycles. The summed E-state index contributed by atoms with van der Waals surface area (Å²) < 4.78 is 50.1. The van der Waals surface area contributed by atoms with Gasteiger partial charge in [-0.25, -0.2) is 21.8 Å². The van der Waals surface area contributed by atoms with E-state index in [2.05, 4.69) is 4.98 Å². The van der Waals surface area contributed by atoms with E-state index in [9.17, 15) is 16.8 Å². The van der Waals surface area contributed by atoms with Crippen LogP contribution in [0.2, 0.25) is 0 Å². The Bertz CT molecular complexity index is 694. The molecular weight excluding hydrogens is 304 g/mol. The van der Waals surface area contributed by atoms with Gasteiger partial charge in [0.25, 0.3) is 0 Å². The highest BCUT2D eigenvalue weighted by Gasteiger charge is 2.32. The van der Waals surface area contributed by atoms with Crippen LogP contribution in [0, 0.1) is 0 Å². The van der Waals surface area contributed by atoms with Crippen molar-refractivity contribution in [2.45, 2.75) is 4.90 Å². The van der Waals surface area contributed by atoms with Crippen molar-refractivity contribution in [3.8, 4) is 0 Å². The Balaban J connectivity index is 2.20. The van der Waals surface area contributed by atoms with Gasteiger partial charge in [0.1, 0.15) is 10.7 Å². The van der Waals surface area contributed by atoms with Crippen molar-refractivity contribution >= 4 is 25.9 Å². The molecule has 10 heteroatoms. The van der Waals surface area contributed by atoms with E-state index in [0.29, 0.717) is 0 Å². The maximum atomic E-state index is 12.4. The highest BCUT2D eigenvalue weighted by molar-refractivity contribution is 7.89. The summed E-state index contributed by atoms with van der Waals surface area (Å²) in [6.45, 7) is 0.476. The van der Waals surface area contributed by atoms with E-state index in [0.717, 1.165) is 6.26 Å². The zero-order valence-corrected chi connectivity index (χ0v) is 12.6. The maximum absolute atomic E-state index is 12.4. The summed E-state index contributed by atoms with van der Waals surface area (Å²) in [4.78, 5) is 3.71. The largest absolute Gasteiger partial charge is 0.383 e. The van der Waals surface area contributed by atoms with Crippen molar-refractivity contribution < 1.29 is 16.8 Å². The highest BCUT2D eigenvalue weighted by atomic mass is 32.2. The topological polar surface area (TPSA) is 114 Å². The molecule has 20 heavy (non-hydrogen) atoms. The minimum Gasteiger partial charge on any atom is -0.383 e. The lowest BCUT2D eigenvalue weighted by atomic mass is 10.4. The molecule has 1 fully saturated rings. The summed E-state index contributed by atoms with van der Waals surface area (Å²) >= 11 is 0. The van der Waals surface area contributed by atoms with Gasteiger partial charge in [-0.05, 0) is 12.1 Å². The molecule has 0 amide bonds. The van der Waals surface area contributed by atoms with Gasteiger partial charge in [0.2, 0.25) is 20.0 Å². The third-order valence-corrected chi connectivity index (χ3v) is 6.33. The van der Waals surface area contributed by atoms with Gasteiger partial charge in [-0.3, -0.25) is 0 Å². The third kappa shape index (κ3) is 2.92. The van der Waals surface area contributed by atoms with E-state index >= 15 is 0 Å². The number of aromatic nitrogens is 1. The Kier molecular flexibility index (Phi) is 4.00. The molecule has 1 aliphatic heterocycles. The average molecular weight is 320 g/mol. The second kappa shape index (κ2) is 5.28. The molecule has 0 radical (unpaired) electrons. The predicted octanol–water partition coefficient (Wildman–Crippen LogP) is -1.07. The number of sulfonamides is 2. The second-order valence-electron chi connectivity index (χ2n) is 4.45. The fourth-order valence-electron chi connectivity index (χ4n) is 2.00. The van der Waals surface area contributed by atoms with Gasteiger partial charge in [0.15, 0.2) is 0 Å². The fraction of sp³-hybridized carbons (Fsp3) is 0.500. The summed E-state index contributed by atoms with van der Waals surface area (Å²) in [6, 6.07) is 2.89. The van der Waals surface area contributed by atoms with Crippen LogP contribution in [0.25, 0.3) is 0 Å². The van der Waals surface area contributed by atoms with Gasteiger partial charge in [-0.15, -0.1) is 0 Å². The van der Waals surface area contributed by atoms with Gasteiger partial charge < -0.3 is 5.73 Å². The average Bonchev–Trinajstić information content (AvgIpc) is 2.38. The van der Waals surface area contributed by atoms with Gasteiger partial charge in [0, 0.05) is 32.4 Å². The van der Waals surface area contributed by atoms with Crippen LogP contribution in [0.3, 0.4) is 0 Å². The van der Waals surface area contributed by atoms with Crippen molar-refractivity contribution in [2.24, 2.45) is 0 Å². The zero-order chi connectivity index (χ0) is 15.0. The number of anilines is 1. The van der Waals surface area contributed by atoms with Crippen LogP contribution in [-0.2, 0) is 20.0 Å². The maximum Gasteiger partial charge on any atom is 0.246 e. The lowest BCUT2D eigenvalue weighted by Gasteiger charge is -2.32. The molecular formula is C10H16N4O4S2. The van der Waals surface area contributed by atoms with Crippen molar-refractivity contribution in [1.29, 1.82) is 0 Å². The molecule has 1 aromatic rings. The number of nitrogens with zero attached hydrogens (tertiary/aromatic N) is 3. The van der Waals surface area contributed by atoms with Gasteiger partial charge >= 0.3 is 0 Å². The Morgan fingerprint density at radius 3 is 2.15 bits per heavy atom. The van der Waals surface area contributed by atoms with E-state index in [1.54, 1.807) is 0 Å². The van der Waals surface area contributed by atoms with E-state index < -0.39 is 20.0 Å². The molecule has 8 nitrogen and oxygen atoms in total. The number of hydrogen-bond acceptors (Lipinski definition) is 6. The number of nitrogens with two attached hydrogens (primary N) is 1. The summed E-state index contributed by atoms with van der Waals surface area (Å²) in [7, 11) is -7.03. The molecule has 0 bridgehead atoms. The Morgan fingerprint density at radius 1 is 1.10 bits per heavy atom. The zero-order valence-electron chi connectivity index (χ0n) is 10.9. The minimum absolute atomic E-state index is 0.0483. The van der Waals surface area contributed by atoms with Gasteiger partial charge in [-0.1, -0.05) is 0 Å². The van der Waals surface area contributed by atoms with Crippen LogP contribution < -0.4 is 5.73 Å². The number of nitrogen functional groups attached to an aromatic ring is 1. The van der Waals surface area contributed by atoms with Crippen molar-refractivity contribution in [3.05, 3.63) is 18.3 Å². The third-order valence-electron chi connectivity index (χ3n) is 3.08. The molecule has 0 aliphatic carbocycles. The van der Waals surface area contributed by atoms with Crippen molar-refractivity contribution in [2.75, 3.05) is 38.2 Å². The molecule has 1 aromatic heterocycles. The Morgan fingerprint density at radius 2 is 1.65 bits per heavy atom. The number of pyridine rings is 1.